The molecule has 2 aliphatic heterocycles. The zero-order chi connectivity index (χ0) is 21.3. The third-order valence-corrected chi connectivity index (χ3v) is 5.64. The van der Waals surface area contributed by atoms with Crippen LogP contribution < -0.4 is 15.5 Å². The highest BCUT2D eigenvalue weighted by atomic mass is 16.2. The van der Waals surface area contributed by atoms with Crippen LogP contribution in [0, 0.1) is 0 Å². The number of aliphatic imine (C=N–C) groups is 1. The van der Waals surface area contributed by atoms with E-state index < -0.39 is 0 Å². The second-order valence-electron chi connectivity index (χ2n) is 8.22. The molecule has 30 heavy (non-hydrogen) atoms. The van der Waals surface area contributed by atoms with Crippen LogP contribution in [0.1, 0.15) is 25.3 Å². The van der Waals surface area contributed by atoms with Gasteiger partial charge in [-0.05, 0) is 37.5 Å². The molecule has 0 aromatic heterocycles. The third kappa shape index (κ3) is 6.49. The summed E-state index contributed by atoms with van der Waals surface area (Å²) in [5.74, 6) is 1.04. The van der Waals surface area contributed by atoms with Gasteiger partial charge in [-0.3, -0.25) is 9.69 Å². The van der Waals surface area contributed by atoms with Crippen LogP contribution in [-0.2, 0) is 11.3 Å². The number of likely N-dealkylation sites (tertiary alicyclic amines) is 1. The predicted molar refractivity (Wildman–Crippen MR) is 124 cm³/mol. The van der Waals surface area contributed by atoms with E-state index in [1.165, 1.54) is 11.3 Å². The molecule has 7 heteroatoms. The van der Waals surface area contributed by atoms with Crippen LogP contribution in [0.3, 0.4) is 0 Å². The SMILES string of the molecule is CCNC(=NCc1cccc(N2CC=CC2)c1)NC1CCN(CC(=O)N(C)C)CC1. The highest BCUT2D eigenvalue weighted by Gasteiger charge is 2.22. The van der Waals surface area contributed by atoms with Crippen LogP contribution in [0.25, 0.3) is 0 Å². The minimum absolute atomic E-state index is 0.170. The lowest BCUT2D eigenvalue weighted by Crippen LogP contribution is -2.50. The van der Waals surface area contributed by atoms with Crippen molar-refractivity contribution in [2.45, 2.75) is 32.4 Å². The van der Waals surface area contributed by atoms with Crippen molar-refractivity contribution in [3.63, 3.8) is 0 Å². The largest absolute Gasteiger partial charge is 0.364 e. The van der Waals surface area contributed by atoms with Gasteiger partial charge in [0.05, 0.1) is 13.1 Å². The topological polar surface area (TPSA) is 63.2 Å². The maximum absolute atomic E-state index is 11.9. The molecule has 0 radical (unpaired) electrons. The Morgan fingerprint density at radius 1 is 1.20 bits per heavy atom. The second kappa shape index (κ2) is 11.0. The van der Waals surface area contributed by atoms with Gasteiger partial charge in [-0.15, -0.1) is 0 Å². The molecule has 1 aromatic rings. The van der Waals surface area contributed by atoms with Crippen LogP contribution in [-0.4, -0.2) is 81.1 Å². The molecule has 0 bridgehead atoms. The van der Waals surface area contributed by atoms with Crippen molar-refractivity contribution in [3.8, 4) is 0 Å². The number of carbonyl (C=O) groups is 1. The standard InChI is InChI=1S/C23H36N6O/c1-4-24-23(26-20-10-14-28(15-11-20)18-22(30)27(2)3)25-17-19-8-7-9-21(16-19)29-12-5-6-13-29/h5-9,16,20H,4,10-15,17-18H2,1-3H3,(H2,24,25,26). The van der Waals surface area contributed by atoms with Crippen LogP contribution in [0.4, 0.5) is 5.69 Å². The average Bonchev–Trinajstić information content (AvgIpc) is 3.29. The summed E-state index contributed by atoms with van der Waals surface area (Å²) in [6.45, 7) is 7.92. The first-order chi connectivity index (χ1) is 14.5. The van der Waals surface area contributed by atoms with Crippen molar-refractivity contribution in [2.24, 2.45) is 4.99 Å². The summed E-state index contributed by atoms with van der Waals surface area (Å²) < 4.78 is 0. The number of rotatable bonds is 7. The van der Waals surface area contributed by atoms with Gasteiger partial charge in [0, 0.05) is 58.5 Å². The zero-order valence-corrected chi connectivity index (χ0v) is 18.6. The summed E-state index contributed by atoms with van der Waals surface area (Å²) in [5.41, 5.74) is 2.47. The molecular formula is C23H36N6O. The summed E-state index contributed by atoms with van der Waals surface area (Å²) in [7, 11) is 3.63. The number of nitrogens with one attached hydrogen (secondary N) is 2. The van der Waals surface area contributed by atoms with E-state index in [0.29, 0.717) is 19.1 Å². The van der Waals surface area contributed by atoms with E-state index in [9.17, 15) is 4.79 Å². The fourth-order valence-corrected chi connectivity index (χ4v) is 3.79. The van der Waals surface area contributed by atoms with Crippen LogP contribution in [0.15, 0.2) is 41.4 Å². The van der Waals surface area contributed by atoms with Crippen molar-refractivity contribution in [2.75, 3.05) is 58.3 Å². The Hall–Kier alpha value is -2.54. The summed E-state index contributed by atoms with van der Waals surface area (Å²) in [6.07, 6.45) is 6.45. The van der Waals surface area contributed by atoms with Crippen LogP contribution >= 0.6 is 0 Å². The summed E-state index contributed by atoms with van der Waals surface area (Å²) in [5, 5.41) is 6.96. The second-order valence-corrected chi connectivity index (χ2v) is 8.22. The first kappa shape index (κ1) is 22.2. The summed E-state index contributed by atoms with van der Waals surface area (Å²) >= 11 is 0. The molecule has 7 nitrogen and oxygen atoms in total. The van der Waals surface area contributed by atoms with Crippen LogP contribution in [0.2, 0.25) is 0 Å². The molecule has 3 rings (SSSR count). The van der Waals surface area contributed by atoms with E-state index in [2.05, 4.69) is 63.8 Å². The molecule has 164 valence electrons. The molecule has 1 aromatic carbocycles. The Labute approximate surface area is 180 Å². The number of benzene rings is 1. The lowest BCUT2D eigenvalue weighted by atomic mass is 10.1. The highest BCUT2D eigenvalue weighted by molar-refractivity contribution is 5.80. The molecule has 0 atom stereocenters. The lowest BCUT2D eigenvalue weighted by Gasteiger charge is -2.33. The lowest BCUT2D eigenvalue weighted by molar-refractivity contribution is -0.130. The van der Waals surface area contributed by atoms with Crippen molar-refractivity contribution >= 4 is 17.6 Å². The molecule has 0 spiro atoms. The van der Waals surface area contributed by atoms with Gasteiger partial charge in [0.1, 0.15) is 0 Å². The van der Waals surface area contributed by atoms with E-state index in [4.69, 9.17) is 4.99 Å². The summed E-state index contributed by atoms with van der Waals surface area (Å²) in [4.78, 5) is 23.0. The maximum atomic E-state index is 11.9. The van der Waals surface area contributed by atoms with Gasteiger partial charge in [-0.1, -0.05) is 24.3 Å². The Morgan fingerprint density at radius 2 is 1.93 bits per heavy atom. The van der Waals surface area contributed by atoms with E-state index >= 15 is 0 Å². The van der Waals surface area contributed by atoms with Crippen molar-refractivity contribution < 1.29 is 4.79 Å². The normalized spacial score (nSPS) is 18.0. The molecule has 1 amide bonds. The predicted octanol–water partition coefficient (Wildman–Crippen LogP) is 1.67. The molecule has 2 N–H and O–H groups in total. The third-order valence-electron chi connectivity index (χ3n) is 5.64. The Balaban J connectivity index is 1.51. The number of guanidine groups is 1. The van der Waals surface area contributed by atoms with E-state index in [-0.39, 0.29) is 5.91 Å². The van der Waals surface area contributed by atoms with E-state index in [0.717, 1.165) is 51.5 Å². The minimum atomic E-state index is 0.170. The first-order valence-corrected chi connectivity index (χ1v) is 11.0. The maximum Gasteiger partial charge on any atom is 0.236 e. The number of hydrogen-bond donors (Lipinski definition) is 2. The monoisotopic (exact) mass is 412 g/mol. The summed E-state index contributed by atoms with van der Waals surface area (Å²) in [6, 6.07) is 9.04. The Kier molecular flexibility index (Phi) is 8.13. The molecular weight excluding hydrogens is 376 g/mol. The number of piperidine rings is 1. The van der Waals surface area contributed by atoms with Gasteiger partial charge in [0.2, 0.25) is 5.91 Å². The number of likely N-dealkylation sites (N-methyl/N-ethyl adjacent to an activating group) is 1. The minimum Gasteiger partial charge on any atom is -0.364 e. The Morgan fingerprint density at radius 3 is 2.60 bits per heavy atom. The smallest absolute Gasteiger partial charge is 0.236 e. The van der Waals surface area contributed by atoms with E-state index in [1.54, 1.807) is 4.90 Å². The van der Waals surface area contributed by atoms with Crippen molar-refractivity contribution in [1.82, 2.24) is 20.4 Å². The van der Waals surface area contributed by atoms with Crippen LogP contribution in [0.5, 0.6) is 0 Å². The Bertz CT molecular complexity index is 744. The fraction of sp³-hybridized carbons (Fsp3) is 0.565. The first-order valence-electron chi connectivity index (χ1n) is 11.0. The molecule has 2 heterocycles. The number of hydrogen-bond acceptors (Lipinski definition) is 4. The molecule has 0 saturated carbocycles. The number of nitrogens with zero attached hydrogens (tertiary/aromatic N) is 4. The fourth-order valence-electron chi connectivity index (χ4n) is 3.79. The van der Waals surface area contributed by atoms with Crippen molar-refractivity contribution in [3.05, 3.63) is 42.0 Å². The van der Waals surface area contributed by atoms with Gasteiger partial charge in [0.25, 0.3) is 0 Å². The number of carbonyl (C=O) groups excluding carboxylic acids is 1. The molecule has 1 fully saturated rings. The van der Waals surface area contributed by atoms with E-state index in [1.807, 2.05) is 14.1 Å². The highest BCUT2D eigenvalue weighted by Crippen LogP contribution is 2.19. The van der Waals surface area contributed by atoms with Gasteiger partial charge >= 0.3 is 0 Å². The van der Waals surface area contributed by atoms with Gasteiger partial charge in [0.15, 0.2) is 5.96 Å². The molecule has 0 unspecified atom stereocenters. The van der Waals surface area contributed by atoms with Gasteiger partial charge in [-0.25, -0.2) is 4.99 Å². The zero-order valence-electron chi connectivity index (χ0n) is 18.6. The van der Waals surface area contributed by atoms with Gasteiger partial charge in [-0.2, -0.15) is 0 Å². The molecule has 0 aliphatic carbocycles. The number of amides is 1. The average molecular weight is 413 g/mol. The number of anilines is 1. The van der Waals surface area contributed by atoms with Gasteiger partial charge < -0.3 is 20.4 Å². The quantitative estimate of drug-likeness (QED) is 0.405. The van der Waals surface area contributed by atoms with Crippen molar-refractivity contribution in [1.29, 1.82) is 0 Å². The molecule has 2 aliphatic rings. The molecule has 1 saturated heterocycles.